The quantitative estimate of drug-likeness (QED) is 0.648. The number of nitrogens with zero attached hydrogens (tertiary/aromatic N) is 2. The predicted molar refractivity (Wildman–Crippen MR) is 122 cm³/mol. The molecule has 7 nitrogen and oxygen atoms in total. The molecule has 3 rings (SSSR count). The molecule has 0 bridgehead atoms. The Morgan fingerprint density at radius 1 is 1.20 bits per heavy atom. The van der Waals surface area contributed by atoms with E-state index in [1.54, 1.807) is 22.4 Å². The molecule has 1 saturated heterocycles. The van der Waals surface area contributed by atoms with Crippen molar-refractivity contribution in [2.24, 2.45) is 0 Å². The van der Waals surface area contributed by atoms with Crippen LogP contribution in [0.25, 0.3) is 0 Å². The molecule has 1 aromatic heterocycles. The standard InChI is InChI=1S/C21H30N4O3S2/c1-3-24(19-8-5-4-7-17(19)2)15-12-22-21(26)25-13-10-18(11-14-25)23-30(27,28)20-9-6-16-29-20/h4-9,16,18,23H,3,10-15H2,1-2H3,(H,22,26). The van der Waals surface area contributed by atoms with Gasteiger partial charge >= 0.3 is 6.03 Å². The molecule has 1 aliphatic heterocycles. The summed E-state index contributed by atoms with van der Waals surface area (Å²) in [5.74, 6) is 0. The van der Waals surface area contributed by atoms with Crippen molar-refractivity contribution in [1.82, 2.24) is 14.9 Å². The molecule has 9 heteroatoms. The van der Waals surface area contributed by atoms with Gasteiger partial charge in [-0.25, -0.2) is 17.9 Å². The molecule has 2 N–H and O–H groups in total. The van der Waals surface area contributed by atoms with Crippen LogP contribution in [0.1, 0.15) is 25.3 Å². The van der Waals surface area contributed by atoms with E-state index >= 15 is 0 Å². The number of piperidine rings is 1. The van der Waals surface area contributed by atoms with Crippen LogP contribution in [0.15, 0.2) is 46.0 Å². The highest BCUT2D eigenvalue weighted by Crippen LogP contribution is 2.20. The molecular weight excluding hydrogens is 420 g/mol. The molecular formula is C21H30N4O3S2. The first-order chi connectivity index (χ1) is 14.4. The van der Waals surface area contributed by atoms with Crippen molar-refractivity contribution in [2.45, 2.75) is 36.9 Å². The van der Waals surface area contributed by atoms with E-state index in [-0.39, 0.29) is 12.1 Å². The lowest BCUT2D eigenvalue weighted by molar-refractivity contribution is 0.180. The van der Waals surface area contributed by atoms with Crippen LogP contribution in [0, 0.1) is 6.92 Å². The smallest absolute Gasteiger partial charge is 0.317 e. The third-order valence-electron chi connectivity index (χ3n) is 5.36. The van der Waals surface area contributed by atoms with Crippen LogP contribution in [-0.2, 0) is 10.0 Å². The van der Waals surface area contributed by atoms with Crippen molar-refractivity contribution in [3.05, 3.63) is 47.3 Å². The second-order valence-electron chi connectivity index (χ2n) is 7.41. The zero-order valence-electron chi connectivity index (χ0n) is 17.5. The topological polar surface area (TPSA) is 81.8 Å². The van der Waals surface area contributed by atoms with Gasteiger partial charge in [-0.05, 0) is 49.8 Å². The van der Waals surface area contributed by atoms with Crippen molar-refractivity contribution in [3.8, 4) is 0 Å². The number of likely N-dealkylation sites (tertiary alicyclic amines) is 1. The number of carbonyl (C=O) groups is 1. The Labute approximate surface area is 183 Å². The summed E-state index contributed by atoms with van der Waals surface area (Å²) >= 11 is 1.21. The summed E-state index contributed by atoms with van der Waals surface area (Å²) in [7, 11) is -3.47. The molecule has 0 atom stereocenters. The van der Waals surface area contributed by atoms with E-state index in [4.69, 9.17) is 0 Å². The van der Waals surface area contributed by atoms with Gasteiger partial charge in [-0.2, -0.15) is 0 Å². The minimum absolute atomic E-state index is 0.0876. The average Bonchev–Trinajstić information content (AvgIpc) is 3.28. The maximum atomic E-state index is 12.5. The van der Waals surface area contributed by atoms with E-state index in [2.05, 4.69) is 40.9 Å². The van der Waals surface area contributed by atoms with E-state index in [1.165, 1.54) is 22.6 Å². The Morgan fingerprint density at radius 2 is 1.93 bits per heavy atom. The number of hydrogen-bond acceptors (Lipinski definition) is 5. The molecule has 2 amide bonds. The molecule has 164 valence electrons. The minimum Gasteiger partial charge on any atom is -0.370 e. The van der Waals surface area contributed by atoms with Crippen LogP contribution < -0.4 is 14.9 Å². The summed E-state index contributed by atoms with van der Waals surface area (Å²) in [6.45, 7) is 7.45. The number of thiophene rings is 1. The number of hydrogen-bond donors (Lipinski definition) is 2. The zero-order chi connectivity index (χ0) is 21.6. The van der Waals surface area contributed by atoms with Crippen molar-refractivity contribution < 1.29 is 13.2 Å². The number of urea groups is 1. The normalized spacial score (nSPS) is 15.2. The number of nitrogens with one attached hydrogen (secondary N) is 2. The highest BCUT2D eigenvalue weighted by Gasteiger charge is 2.27. The Hall–Kier alpha value is -2.10. The fraction of sp³-hybridized carbons (Fsp3) is 0.476. The van der Waals surface area contributed by atoms with E-state index in [0.29, 0.717) is 36.7 Å². The van der Waals surface area contributed by atoms with Gasteiger partial charge in [0.15, 0.2) is 0 Å². The van der Waals surface area contributed by atoms with Gasteiger partial charge in [0.25, 0.3) is 0 Å². The lowest BCUT2D eigenvalue weighted by atomic mass is 10.1. The molecule has 2 heterocycles. The first-order valence-corrected chi connectivity index (χ1v) is 12.7. The van der Waals surface area contributed by atoms with Crippen LogP contribution in [0.4, 0.5) is 10.5 Å². The molecule has 1 aromatic carbocycles. The van der Waals surface area contributed by atoms with Crippen molar-refractivity contribution in [1.29, 1.82) is 0 Å². The average molecular weight is 451 g/mol. The van der Waals surface area contributed by atoms with E-state index in [0.717, 1.165) is 13.1 Å². The first kappa shape index (κ1) is 22.6. The maximum absolute atomic E-state index is 12.5. The van der Waals surface area contributed by atoms with Crippen molar-refractivity contribution in [3.63, 3.8) is 0 Å². The van der Waals surface area contributed by atoms with E-state index in [1.807, 2.05) is 12.1 Å². The number of carbonyl (C=O) groups excluding carboxylic acids is 1. The summed E-state index contributed by atoms with van der Waals surface area (Å²) in [6, 6.07) is 11.3. The van der Waals surface area contributed by atoms with Gasteiger partial charge in [-0.15, -0.1) is 11.3 Å². The van der Waals surface area contributed by atoms with Gasteiger partial charge in [0.1, 0.15) is 4.21 Å². The summed E-state index contributed by atoms with van der Waals surface area (Å²) in [4.78, 5) is 16.5. The van der Waals surface area contributed by atoms with Crippen molar-refractivity contribution >= 4 is 33.1 Å². The number of benzene rings is 1. The third kappa shape index (κ3) is 5.74. The molecule has 0 unspecified atom stereocenters. The highest BCUT2D eigenvalue weighted by atomic mass is 32.2. The lowest BCUT2D eigenvalue weighted by Crippen LogP contribution is -2.50. The number of amides is 2. The molecule has 0 saturated carbocycles. The highest BCUT2D eigenvalue weighted by molar-refractivity contribution is 7.91. The molecule has 1 aliphatic rings. The zero-order valence-corrected chi connectivity index (χ0v) is 19.1. The number of aryl methyl sites for hydroxylation is 1. The number of likely N-dealkylation sites (N-methyl/N-ethyl adjacent to an activating group) is 1. The van der Waals surface area contributed by atoms with Gasteiger partial charge in [0.05, 0.1) is 0 Å². The van der Waals surface area contributed by atoms with Gasteiger partial charge in [0.2, 0.25) is 10.0 Å². The number of rotatable bonds is 8. The van der Waals surface area contributed by atoms with Crippen molar-refractivity contribution in [2.75, 3.05) is 37.6 Å². The second-order valence-corrected chi connectivity index (χ2v) is 10.3. The summed E-state index contributed by atoms with van der Waals surface area (Å²) in [6.07, 6.45) is 1.23. The molecule has 1 fully saturated rings. The fourth-order valence-electron chi connectivity index (χ4n) is 3.67. The number of sulfonamides is 1. The summed E-state index contributed by atoms with van der Waals surface area (Å²) in [5, 5.41) is 4.75. The summed E-state index contributed by atoms with van der Waals surface area (Å²) < 4.78 is 27.8. The van der Waals surface area contributed by atoms with Crippen LogP contribution >= 0.6 is 11.3 Å². The molecule has 2 aromatic rings. The SMILES string of the molecule is CCN(CCNC(=O)N1CCC(NS(=O)(=O)c2cccs2)CC1)c1ccccc1C. The van der Waals surface area contributed by atoms with Crippen LogP contribution in [-0.4, -0.2) is 58.1 Å². The van der Waals surface area contributed by atoms with Gasteiger partial charge in [-0.1, -0.05) is 24.3 Å². The molecule has 30 heavy (non-hydrogen) atoms. The Morgan fingerprint density at radius 3 is 2.57 bits per heavy atom. The minimum atomic E-state index is -3.47. The van der Waals surface area contributed by atoms with Crippen LogP contribution in [0.3, 0.4) is 0 Å². The fourth-order valence-corrected chi connectivity index (χ4v) is 5.99. The maximum Gasteiger partial charge on any atom is 0.317 e. The van der Waals surface area contributed by atoms with Crippen LogP contribution in [0.2, 0.25) is 0 Å². The number of anilines is 1. The monoisotopic (exact) mass is 450 g/mol. The largest absolute Gasteiger partial charge is 0.370 e. The second kappa shape index (κ2) is 10.3. The lowest BCUT2D eigenvalue weighted by Gasteiger charge is -2.32. The van der Waals surface area contributed by atoms with Gasteiger partial charge in [-0.3, -0.25) is 0 Å². The molecule has 0 radical (unpaired) electrons. The third-order valence-corrected chi connectivity index (χ3v) is 8.28. The first-order valence-electron chi connectivity index (χ1n) is 10.3. The van der Waals surface area contributed by atoms with Gasteiger partial charge in [0, 0.05) is 44.5 Å². The molecule has 0 aliphatic carbocycles. The number of para-hydroxylation sites is 1. The molecule has 0 spiro atoms. The Bertz CT molecular complexity index is 923. The van der Waals surface area contributed by atoms with Crippen LogP contribution in [0.5, 0.6) is 0 Å². The Balaban J connectivity index is 1.42. The Kier molecular flexibility index (Phi) is 7.74. The summed E-state index contributed by atoms with van der Waals surface area (Å²) in [5.41, 5.74) is 2.41. The van der Waals surface area contributed by atoms with E-state index < -0.39 is 10.0 Å². The predicted octanol–water partition coefficient (Wildman–Crippen LogP) is 3.04. The van der Waals surface area contributed by atoms with E-state index in [9.17, 15) is 13.2 Å². The van der Waals surface area contributed by atoms with Gasteiger partial charge < -0.3 is 15.1 Å².